The molecule has 0 saturated carbocycles. The molecular formula is C16H19FN2O2. The smallest absolute Gasteiger partial charge is 0.257 e. The maximum absolute atomic E-state index is 14.0. The van der Waals surface area contributed by atoms with Crippen molar-refractivity contribution in [1.29, 1.82) is 0 Å². The van der Waals surface area contributed by atoms with Crippen LogP contribution in [0.25, 0.3) is 0 Å². The quantitative estimate of drug-likeness (QED) is 0.837. The van der Waals surface area contributed by atoms with Crippen LogP contribution in [0.5, 0.6) is 0 Å². The molecule has 1 amide bonds. The normalized spacial score (nSPS) is 18.0. The molecule has 1 aliphatic rings. The van der Waals surface area contributed by atoms with Gasteiger partial charge in [0.2, 0.25) is 0 Å². The Kier molecular flexibility index (Phi) is 5.32. The zero-order chi connectivity index (χ0) is 15.2. The molecular weight excluding hydrogens is 271 g/mol. The monoisotopic (exact) mass is 290 g/mol. The highest BCUT2D eigenvalue weighted by molar-refractivity contribution is 5.95. The van der Waals surface area contributed by atoms with Crippen LogP contribution in [0.4, 0.5) is 4.39 Å². The van der Waals surface area contributed by atoms with Gasteiger partial charge in [-0.15, -0.1) is 0 Å². The number of hydrogen-bond donors (Lipinski definition) is 1. The fourth-order valence-corrected chi connectivity index (χ4v) is 2.34. The minimum Gasteiger partial charge on any atom is -0.377 e. The lowest BCUT2D eigenvalue weighted by Gasteiger charge is -2.35. The van der Waals surface area contributed by atoms with Crippen LogP contribution in [0.15, 0.2) is 18.2 Å². The van der Waals surface area contributed by atoms with Gasteiger partial charge in [0, 0.05) is 12.1 Å². The van der Waals surface area contributed by atoms with Crippen molar-refractivity contribution < 1.29 is 13.9 Å². The summed E-state index contributed by atoms with van der Waals surface area (Å²) in [7, 11) is 0. The Morgan fingerprint density at radius 2 is 2.38 bits per heavy atom. The van der Waals surface area contributed by atoms with Crippen LogP contribution in [0.2, 0.25) is 0 Å². The highest BCUT2D eigenvalue weighted by Gasteiger charge is 2.28. The first-order valence-electron chi connectivity index (χ1n) is 7.04. The molecule has 1 aromatic carbocycles. The molecule has 21 heavy (non-hydrogen) atoms. The second-order valence-electron chi connectivity index (χ2n) is 4.84. The minimum absolute atomic E-state index is 0.00979. The van der Waals surface area contributed by atoms with Gasteiger partial charge in [0.25, 0.3) is 5.91 Å². The number of carbonyl (C=O) groups is 1. The number of benzene rings is 1. The number of rotatable bonds is 2. The maximum atomic E-state index is 14.0. The molecule has 0 radical (unpaired) electrons. The van der Waals surface area contributed by atoms with Crippen molar-refractivity contribution in [1.82, 2.24) is 4.90 Å². The van der Waals surface area contributed by atoms with E-state index in [4.69, 9.17) is 10.5 Å². The fraction of sp³-hybridized carbons (Fsp3) is 0.438. The first-order chi connectivity index (χ1) is 10.2. The summed E-state index contributed by atoms with van der Waals surface area (Å²) in [4.78, 5) is 14.3. The second kappa shape index (κ2) is 7.21. The van der Waals surface area contributed by atoms with Crippen molar-refractivity contribution in [2.75, 3.05) is 26.3 Å². The Morgan fingerprint density at radius 3 is 3.10 bits per heavy atom. The molecule has 1 fully saturated rings. The van der Waals surface area contributed by atoms with E-state index < -0.39 is 5.82 Å². The molecule has 2 rings (SSSR count). The number of morpholine rings is 1. The molecule has 0 bridgehead atoms. The standard InChI is InChI=1S/C16H19FN2O2/c1-2-13-11-21-9-8-19(13)16(20)14-10-12(4-3-7-18)5-6-15(14)17/h5-6,10,13H,2,7-9,11,18H2,1H3. The number of ether oxygens (including phenoxy) is 1. The number of hydrogen-bond acceptors (Lipinski definition) is 3. The largest absolute Gasteiger partial charge is 0.377 e. The minimum atomic E-state index is -0.528. The lowest BCUT2D eigenvalue weighted by molar-refractivity contribution is -0.00303. The number of halogens is 1. The van der Waals surface area contributed by atoms with Crippen LogP contribution in [0.3, 0.4) is 0 Å². The number of nitrogens with two attached hydrogens (primary N) is 1. The Bertz CT molecular complexity index is 577. The van der Waals surface area contributed by atoms with Gasteiger partial charge in [-0.3, -0.25) is 4.79 Å². The highest BCUT2D eigenvalue weighted by Crippen LogP contribution is 2.18. The molecule has 0 spiro atoms. The van der Waals surface area contributed by atoms with Gasteiger partial charge in [-0.25, -0.2) is 4.39 Å². The van der Waals surface area contributed by atoms with Gasteiger partial charge in [-0.1, -0.05) is 18.8 Å². The topological polar surface area (TPSA) is 55.6 Å². The Morgan fingerprint density at radius 1 is 1.57 bits per heavy atom. The SMILES string of the molecule is CCC1COCCN1C(=O)c1cc(C#CCN)ccc1F. The van der Waals surface area contributed by atoms with E-state index in [1.165, 1.54) is 12.1 Å². The van der Waals surface area contributed by atoms with Gasteiger partial charge in [0.05, 0.1) is 31.4 Å². The van der Waals surface area contributed by atoms with Gasteiger partial charge < -0.3 is 15.4 Å². The van der Waals surface area contributed by atoms with Gasteiger partial charge in [-0.2, -0.15) is 0 Å². The second-order valence-corrected chi connectivity index (χ2v) is 4.84. The summed E-state index contributed by atoms with van der Waals surface area (Å²) in [5, 5.41) is 0. The summed E-state index contributed by atoms with van der Waals surface area (Å²) in [5.74, 6) is 4.68. The first kappa shape index (κ1) is 15.5. The molecule has 0 aromatic heterocycles. The van der Waals surface area contributed by atoms with Crippen molar-refractivity contribution >= 4 is 5.91 Å². The zero-order valence-corrected chi connectivity index (χ0v) is 12.1. The van der Waals surface area contributed by atoms with Crippen molar-refractivity contribution in [3.8, 4) is 11.8 Å². The lowest BCUT2D eigenvalue weighted by atomic mass is 10.1. The first-order valence-corrected chi connectivity index (χ1v) is 7.04. The third kappa shape index (κ3) is 3.60. The molecule has 1 aliphatic heterocycles. The average molecular weight is 290 g/mol. The van der Waals surface area contributed by atoms with E-state index in [-0.39, 0.29) is 24.1 Å². The van der Waals surface area contributed by atoms with Crippen LogP contribution in [-0.2, 0) is 4.74 Å². The van der Waals surface area contributed by atoms with Crippen LogP contribution in [-0.4, -0.2) is 43.2 Å². The van der Waals surface area contributed by atoms with Crippen molar-refractivity contribution in [3.05, 3.63) is 35.1 Å². The predicted octanol–water partition coefficient (Wildman–Crippen LogP) is 1.39. The zero-order valence-electron chi connectivity index (χ0n) is 12.1. The molecule has 0 aliphatic carbocycles. The van der Waals surface area contributed by atoms with E-state index in [0.29, 0.717) is 25.3 Å². The summed E-state index contributed by atoms with van der Waals surface area (Å²) in [6.07, 6.45) is 0.778. The predicted molar refractivity (Wildman–Crippen MR) is 78.3 cm³/mol. The molecule has 1 aromatic rings. The van der Waals surface area contributed by atoms with Gasteiger partial charge in [0.1, 0.15) is 5.82 Å². The van der Waals surface area contributed by atoms with E-state index in [1.807, 2.05) is 6.92 Å². The van der Waals surface area contributed by atoms with Crippen LogP contribution in [0, 0.1) is 17.7 Å². The van der Waals surface area contributed by atoms with Gasteiger partial charge >= 0.3 is 0 Å². The molecule has 112 valence electrons. The highest BCUT2D eigenvalue weighted by atomic mass is 19.1. The van der Waals surface area contributed by atoms with E-state index in [9.17, 15) is 9.18 Å². The maximum Gasteiger partial charge on any atom is 0.257 e. The Balaban J connectivity index is 2.29. The molecule has 1 atom stereocenters. The molecule has 2 N–H and O–H groups in total. The molecule has 1 saturated heterocycles. The van der Waals surface area contributed by atoms with Crippen molar-refractivity contribution in [2.45, 2.75) is 19.4 Å². The Labute approximate surface area is 124 Å². The van der Waals surface area contributed by atoms with Gasteiger partial charge in [0.15, 0.2) is 0 Å². The third-order valence-corrected chi connectivity index (χ3v) is 3.49. The molecule has 1 heterocycles. The van der Waals surface area contributed by atoms with E-state index in [0.717, 1.165) is 6.42 Å². The van der Waals surface area contributed by atoms with Crippen molar-refractivity contribution in [2.24, 2.45) is 5.73 Å². The molecule has 1 unspecified atom stereocenters. The summed E-state index contributed by atoms with van der Waals surface area (Å²) in [5.41, 5.74) is 5.96. The summed E-state index contributed by atoms with van der Waals surface area (Å²) in [6.45, 7) is 3.67. The van der Waals surface area contributed by atoms with Crippen LogP contribution >= 0.6 is 0 Å². The Hall–Kier alpha value is -1.90. The van der Waals surface area contributed by atoms with Crippen LogP contribution in [0.1, 0.15) is 29.3 Å². The number of carbonyl (C=O) groups excluding carboxylic acids is 1. The summed E-state index contributed by atoms with van der Waals surface area (Å²) in [6, 6.07) is 4.30. The van der Waals surface area contributed by atoms with Crippen LogP contribution < -0.4 is 5.73 Å². The average Bonchev–Trinajstić information content (AvgIpc) is 2.53. The summed E-state index contributed by atoms with van der Waals surface area (Å²) >= 11 is 0. The summed E-state index contributed by atoms with van der Waals surface area (Å²) < 4.78 is 19.3. The third-order valence-electron chi connectivity index (χ3n) is 3.49. The lowest BCUT2D eigenvalue weighted by Crippen LogP contribution is -2.48. The van der Waals surface area contributed by atoms with Gasteiger partial charge in [-0.05, 0) is 24.6 Å². The van der Waals surface area contributed by atoms with E-state index in [1.54, 1.807) is 11.0 Å². The van der Waals surface area contributed by atoms with Crippen molar-refractivity contribution in [3.63, 3.8) is 0 Å². The number of nitrogens with zero attached hydrogens (tertiary/aromatic N) is 1. The molecule has 4 nitrogen and oxygen atoms in total. The number of amides is 1. The fourth-order valence-electron chi connectivity index (χ4n) is 2.34. The van der Waals surface area contributed by atoms with E-state index in [2.05, 4.69) is 11.8 Å². The molecule has 5 heteroatoms. The van der Waals surface area contributed by atoms with E-state index >= 15 is 0 Å².